The molecule has 0 aliphatic rings. The number of hydrogen-bond acceptors (Lipinski definition) is 3. The maximum atomic E-state index is 12.4. The zero-order valence-corrected chi connectivity index (χ0v) is 13.7. The van der Waals surface area contributed by atoms with Crippen molar-refractivity contribution in [2.75, 3.05) is 6.61 Å². The fraction of sp³-hybridized carbons (Fsp3) is 0.750. The van der Waals surface area contributed by atoms with Crippen molar-refractivity contribution < 1.29 is 17.6 Å². The molecule has 0 radical (unpaired) electrons. The van der Waals surface area contributed by atoms with Crippen LogP contribution in [-0.4, -0.2) is 19.9 Å². The van der Waals surface area contributed by atoms with Crippen LogP contribution < -0.4 is 0 Å². The molecule has 2 nitrogen and oxygen atoms in total. The minimum atomic E-state index is -4.35. The van der Waals surface area contributed by atoms with Crippen molar-refractivity contribution in [2.24, 2.45) is 0 Å². The molecule has 0 bridgehead atoms. The van der Waals surface area contributed by atoms with Crippen LogP contribution in [0.5, 0.6) is 0 Å². The van der Waals surface area contributed by atoms with E-state index >= 15 is 0 Å². The molecule has 0 atom stereocenters. The SMILES string of the molecule is CC(C)(C)[Si](C)(C)OCCc1nc(C(F)(F)F)cs1. The molecule has 0 aliphatic carbocycles. The standard InChI is InChI=1S/C12H20F3NOSSi/c1-11(2,3)19(4,5)17-7-6-10-16-9(8-18-10)12(13,14)15/h8H,6-7H2,1-5H3. The minimum absolute atomic E-state index is 0.104. The highest BCUT2D eigenvalue weighted by molar-refractivity contribution is 7.09. The number of halogens is 3. The Kier molecular flexibility index (Phi) is 4.85. The third-order valence-electron chi connectivity index (χ3n) is 3.43. The number of alkyl halides is 3. The van der Waals surface area contributed by atoms with Crippen LogP contribution in [0.1, 0.15) is 31.5 Å². The summed E-state index contributed by atoms with van der Waals surface area (Å²) in [6.45, 7) is 11.1. The van der Waals surface area contributed by atoms with E-state index in [1.54, 1.807) is 0 Å². The Morgan fingerprint density at radius 1 is 1.26 bits per heavy atom. The van der Waals surface area contributed by atoms with Crippen LogP contribution in [0.2, 0.25) is 18.1 Å². The molecule has 110 valence electrons. The molecule has 1 heterocycles. The lowest BCUT2D eigenvalue weighted by molar-refractivity contribution is -0.140. The molecule has 0 saturated heterocycles. The highest BCUT2D eigenvalue weighted by atomic mass is 32.1. The third-order valence-corrected chi connectivity index (χ3v) is 8.87. The molecule has 0 aliphatic heterocycles. The third kappa shape index (κ3) is 4.57. The first kappa shape index (κ1) is 16.7. The largest absolute Gasteiger partial charge is 0.434 e. The van der Waals surface area contributed by atoms with Crippen molar-refractivity contribution in [3.8, 4) is 0 Å². The van der Waals surface area contributed by atoms with E-state index in [1.807, 2.05) is 0 Å². The lowest BCUT2D eigenvalue weighted by atomic mass is 10.2. The van der Waals surface area contributed by atoms with Gasteiger partial charge in [0.2, 0.25) is 0 Å². The minimum Gasteiger partial charge on any atom is -0.416 e. The maximum absolute atomic E-state index is 12.4. The second-order valence-electron chi connectivity index (χ2n) is 5.98. The Balaban J connectivity index is 2.53. The molecule has 0 unspecified atom stereocenters. The van der Waals surface area contributed by atoms with Gasteiger partial charge in [-0.2, -0.15) is 13.2 Å². The summed E-state index contributed by atoms with van der Waals surface area (Å²) in [7, 11) is -1.83. The Bertz CT molecular complexity index is 423. The summed E-state index contributed by atoms with van der Waals surface area (Å²) < 4.78 is 43.1. The van der Waals surface area contributed by atoms with Crippen molar-refractivity contribution in [3.63, 3.8) is 0 Å². The van der Waals surface area contributed by atoms with Crippen molar-refractivity contribution in [2.45, 2.75) is 51.5 Å². The number of rotatable bonds is 4. The van der Waals surface area contributed by atoms with E-state index in [0.29, 0.717) is 18.0 Å². The van der Waals surface area contributed by atoms with Gasteiger partial charge < -0.3 is 4.43 Å². The van der Waals surface area contributed by atoms with Crippen LogP contribution in [0.3, 0.4) is 0 Å². The topological polar surface area (TPSA) is 22.1 Å². The zero-order chi connectivity index (χ0) is 14.9. The van der Waals surface area contributed by atoms with Gasteiger partial charge >= 0.3 is 6.18 Å². The Hall–Kier alpha value is -0.403. The first-order valence-corrected chi connectivity index (χ1v) is 9.88. The maximum Gasteiger partial charge on any atom is 0.434 e. The predicted molar refractivity (Wildman–Crippen MR) is 74.0 cm³/mol. The van der Waals surface area contributed by atoms with Gasteiger partial charge in [-0.3, -0.25) is 0 Å². The molecule has 0 aromatic carbocycles. The lowest BCUT2D eigenvalue weighted by Crippen LogP contribution is -2.41. The smallest absolute Gasteiger partial charge is 0.416 e. The van der Waals surface area contributed by atoms with Gasteiger partial charge in [0.25, 0.3) is 0 Å². The first-order chi connectivity index (χ1) is 8.43. The summed E-state index contributed by atoms with van der Waals surface area (Å²) in [5.74, 6) is 0. The van der Waals surface area contributed by atoms with E-state index in [2.05, 4.69) is 38.8 Å². The summed E-state index contributed by atoms with van der Waals surface area (Å²) >= 11 is 1.04. The van der Waals surface area contributed by atoms with Crippen LogP contribution in [0.4, 0.5) is 13.2 Å². The normalized spacial score (nSPS) is 13.9. The molecule has 0 amide bonds. The van der Waals surface area contributed by atoms with Gasteiger partial charge in [0.05, 0.1) is 5.01 Å². The van der Waals surface area contributed by atoms with Crippen LogP contribution >= 0.6 is 11.3 Å². The summed E-state index contributed by atoms with van der Waals surface area (Å²) in [4.78, 5) is 3.59. The van der Waals surface area contributed by atoms with Gasteiger partial charge in [0.15, 0.2) is 14.0 Å². The highest BCUT2D eigenvalue weighted by Gasteiger charge is 2.37. The monoisotopic (exact) mass is 311 g/mol. The Morgan fingerprint density at radius 3 is 2.26 bits per heavy atom. The molecule has 0 spiro atoms. The number of nitrogens with zero attached hydrogens (tertiary/aromatic N) is 1. The van der Waals surface area contributed by atoms with Gasteiger partial charge in [-0.05, 0) is 18.1 Å². The molecule has 7 heteroatoms. The van der Waals surface area contributed by atoms with Crippen LogP contribution in [0.25, 0.3) is 0 Å². The van der Waals surface area contributed by atoms with Gasteiger partial charge in [0, 0.05) is 18.4 Å². The van der Waals surface area contributed by atoms with Crippen LogP contribution in [0, 0.1) is 0 Å². The average molecular weight is 311 g/mol. The molecule has 1 rings (SSSR count). The highest BCUT2D eigenvalue weighted by Crippen LogP contribution is 2.36. The molecular weight excluding hydrogens is 291 g/mol. The summed E-state index contributed by atoms with van der Waals surface area (Å²) in [6.07, 6.45) is -3.91. The summed E-state index contributed by atoms with van der Waals surface area (Å²) in [6, 6.07) is 0. The molecule has 0 saturated carbocycles. The first-order valence-electron chi connectivity index (χ1n) is 6.09. The molecule has 0 N–H and O–H groups in total. The number of hydrogen-bond donors (Lipinski definition) is 0. The van der Waals surface area contributed by atoms with E-state index in [1.165, 1.54) is 0 Å². The number of thiazole rings is 1. The van der Waals surface area contributed by atoms with Crippen molar-refractivity contribution in [1.82, 2.24) is 4.98 Å². The van der Waals surface area contributed by atoms with Gasteiger partial charge in [0.1, 0.15) is 0 Å². The predicted octanol–water partition coefficient (Wildman–Crippen LogP) is 4.73. The fourth-order valence-corrected chi connectivity index (χ4v) is 3.00. The van der Waals surface area contributed by atoms with Crippen LogP contribution in [0.15, 0.2) is 5.38 Å². The van der Waals surface area contributed by atoms with E-state index in [4.69, 9.17) is 4.43 Å². The van der Waals surface area contributed by atoms with Crippen LogP contribution in [-0.2, 0) is 17.0 Å². The van der Waals surface area contributed by atoms with Gasteiger partial charge in [-0.25, -0.2) is 4.98 Å². The van der Waals surface area contributed by atoms with Crippen molar-refractivity contribution in [1.29, 1.82) is 0 Å². The summed E-state index contributed by atoms with van der Waals surface area (Å²) in [5, 5.41) is 1.64. The van der Waals surface area contributed by atoms with Gasteiger partial charge in [-0.1, -0.05) is 20.8 Å². The van der Waals surface area contributed by atoms with Gasteiger partial charge in [-0.15, -0.1) is 11.3 Å². The average Bonchev–Trinajstić information content (AvgIpc) is 2.63. The van der Waals surface area contributed by atoms with E-state index in [-0.39, 0.29) is 5.04 Å². The molecule has 0 fully saturated rings. The van der Waals surface area contributed by atoms with Crippen molar-refractivity contribution >= 4 is 19.7 Å². The van der Waals surface area contributed by atoms with E-state index in [9.17, 15) is 13.2 Å². The Morgan fingerprint density at radius 2 is 1.84 bits per heavy atom. The van der Waals surface area contributed by atoms with Crippen molar-refractivity contribution in [3.05, 3.63) is 16.1 Å². The van der Waals surface area contributed by atoms with E-state index in [0.717, 1.165) is 16.7 Å². The van der Waals surface area contributed by atoms with E-state index < -0.39 is 20.2 Å². The molecule has 19 heavy (non-hydrogen) atoms. The summed E-state index contributed by atoms with van der Waals surface area (Å²) in [5.41, 5.74) is -0.806. The second-order valence-corrected chi connectivity index (χ2v) is 11.7. The quantitative estimate of drug-likeness (QED) is 0.750. The lowest BCUT2D eigenvalue weighted by Gasteiger charge is -2.36. The molecular formula is C12H20F3NOSSi. The number of aromatic nitrogens is 1. The molecule has 1 aromatic rings. The fourth-order valence-electron chi connectivity index (χ4n) is 1.17. The second kappa shape index (κ2) is 5.53. The molecule has 1 aromatic heterocycles. The zero-order valence-electron chi connectivity index (χ0n) is 11.9. The Labute approximate surface area is 117 Å².